The van der Waals surface area contributed by atoms with E-state index in [0.29, 0.717) is 49.2 Å². The zero-order valence-corrected chi connectivity index (χ0v) is 20.5. The highest BCUT2D eigenvalue weighted by molar-refractivity contribution is 5.73. The van der Waals surface area contributed by atoms with Gasteiger partial charge in [0.2, 0.25) is 5.91 Å². The molecule has 1 aliphatic carbocycles. The zero-order chi connectivity index (χ0) is 25.2. The quantitative estimate of drug-likeness (QED) is 0.525. The number of carbonyl (C=O) groups excluding carboxylic acids is 1. The number of aromatic nitrogens is 4. The maximum Gasteiger partial charge on any atom is 0.326 e. The van der Waals surface area contributed by atoms with E-state index in [4.69, 9.17) is 4.74 Å². The first-order valence-electron chi connectivity index (χ1n) is 11.9. The van der Waals surface area contributed by atoms with Gasteiger partial charge in [0.15, 0.2) is 17.4 Å². The van der Waals surface area contributed by atoms with Crippen LogP contribution in [0.2, 0.25) is 0 Å². The van der Waals surface area contributed by atoms with Gasteiger partial charge in [-0.1, -0.05) is 23.8 Å². The lowest BCUT2D eigenvalue weighted by Gasteiger charge is -2.35. The van der Waals surface area contributed by atoms with Crippen LogP contribution in [0.15, 0.2) is 35.9 Å². The number of nitrogens with one attached hydrogen (secondary N) is 2. The maximum absolute atomic E-state index is 15.2. The molecular weight excluding hydrogens is 461 g/mol. The lowest BCUT2D eigenvalue weighted by molar-refractivity contribution is -0.129. The van der Waals surface area contributed by atoms with Gasteiger partial charge in [0.25, 0.3) is 0 Å². The van der Waals surface area contributed by atoms with Gasteiger partial charge in [0.05, 0.1) is 5.69 Å². The summed E-state index contributed by atoms with van der Waals surface area (Å²) in [5.74, 6) is 1.35. The number of carbonyl (C=O) groups is 1. The Bertz CT molecular complexity index is 1360. The van der Waals surface area contributed by atoms with Crippen molar-refractivity contribution in [3.8, 4) is 11.8 Å². The fourth-order valence-corrected chi connectivity index (χ4v) is 4.43. The number of hydrogen-bond donors (Lipinski definition) is 2. The highest BCUT2D eigenvalue weighted by Crippen LogP contribution is 2.34. The average Bonchev–Trinajstić information content (AvgIpc) is 3.47. The van der Waals surface area contributed by atoms with Gasteiger partial charge in [-0.25, -0.2) is 4.39 Å². The summed E-state index contributed by atoms with van der Waals surface area (Å²) in [6.45, 7) is 7.89. The summed E-state index contributed by atoms with van der Waals surface area (Å²) in [5, 5.41) is 10.4. The molecule has 5 rings (SSSR count). The van der Waals surface area contributed by atoms with Crippen molar-refractivity contribution in [1.82, 2.24) is 25.1 Å². The van der Waals surface area contributed by atoms with Crippen LogP contribution < -0.4 is 15.0 Å². The third kappa shape index (κ3) is 4.93. The van der Waals surface area contributed by atoms with Crippen molar-refractivity contribution in [2.75, 3.05) is 36.4 Å². The van der Waals surface area contributed by atoms with Gasteiger partial charge in [-0.15, -0.1) is 0 Å². The molecular formula is C26H28FN7O2. The molecule has 2 aromatic heterocycles. The fourth-order valence-electron chi connectivity index (χ4n) is 4.43. The summed E-state index contributed by atoms with van der Waals surface area (Å²) in [7, 11) is 0. The Morgan fingerprint density at radius 1 is 1.17 bits per heavy atom. The number of fused-ring (bicyclic) bond motifs is 1. The van der Waals surface area contributed by atoms with Crippen molar-refractivity contribution in [2.45, 2.75) is 27.2 Å². The number of nitrogens with zero attached hydrogens (tertiary/aromatic N) is 5. The lowest BCUT2D eigenvalue weighted by Crippen LogP contribution is -2.48. The van der Waals surface area contributed by atoms with Gasteiger partial charge in [-0.05, 0) is 38.0 Å². The van der Waals surface area contributed by atoms with E-state index >= 15 is 4.39 Å². The predicted octanol–water partition coefficient (Wildman–Crippen LogP) is 4.54. The monoisotopic (exact) mass is 489 g/mol. The number of piperazine rings is 1. The minimum atomic E-state index is -0.425. The molecule has 3 aromatic rings. The van der Waals surface area contributed by atoms with Crippen LogP contribution in [0.3, 0.4) is 0 Å². The van der Waals surface area contributed by atoms with Crippen LogP contribution in [0.4, 0.5) is 21.8 Å². The molecule has 0 radical (unpaired) electrons. The Labute approximate surface area is 208 Å². The minimum Gasteiger partial charge on any atom is -0.421 e. The van der Waals surface area contributed by atoms with Crippen molar-refractivity contribution >= 4 is 35.5 Å². The second kappa shape index (κ2) is 9.80. The molecule has 1 fully saturated rings. The Morgan fingerprint density at radius 2 is 1.97 bits per heavy atom. The first-order valence-corrected chi connectivity index (χ1v) is 11.9. The summed E-state index contributed by atoms with van der Waals surface area (Å²) in [5.41, 5.74) is 3.43. The molecule has 3 heterocycles. The van der Waals surface area contributed by atoms with E-state index in [1.54, 1.807) is 24.0 Å². The molecule has 0 spiro atoms. The van der Waals surface area contributed by atoms with Crippen LogP contribution in [0.1, 0.15) is 37.6 Å². The van der Waals surface area contributed by atoms with E-state index in [2.05, 4.69) is 30.4 Å². The molecule has 36 heavy (non-hydrogen) atoms. The van der Waals surface area contributed by atoms with Crippen LogP contribution in [0.25, 0.3) is 12.2 Å². The third-order valence-corrected chi connectivity index (χ3v) is 6.24. The van der Waals surface area contributed by atoms with Crippen LogP contribution in [-0.4, -0.2) is 57.2 Å². The summed E-state index contributed by atoms with van der Waals surface area (Å²) in [4.78, 5) is 24.6. The first kappa shape index (κ1) is 23.5. The number of anilines is 3. The van der Waals surface area contributed by atoms with Gasteiger partial charge in [0, 0.05) is 50.8 Å². The Balaban J connectivity index is 1.45. The summed E-state index contributed by atoms with van der Waals surface area (Å²) >= 11 is 0. The average molecular weight is 490 g/mol. The third-order valence-electron chi connectivity index (χ3n) is 6.24. The molecule has 2 aliphatic rings. The van der Waals surface area contributed by atoms with Gasteiger partial charge in [-0.3, -0.25) is 9.89 Å². The van der Waals surface area contributed by atoms with E-state index < -0.39 is 5.82 Å². The lowest BCUT2D eigenvalue weighted by atomic mass is 10.1. The van der Waals surface area contributed by atoms with Crippen LogP contribution in [0, 0.1) is 5.82 Å². The Morgan fingerprint density at radius 3 is 2.72 bits per heavy atom. The van der Waals surface area contributed by atoms with Crippen molar-refractivity contribution in [2.24, 2.45) is 0 Å². The minimum absolute atomic E-state index is 0.0192. The van der Waals surface area contributed by atoms with Crippen LogP contribution in [-0.2, 0) is 11.2 Å². The molecule has 1 aliphatic heterocycles. The van der Waals surface area contributed by atoms with Crippen LogP contribution >= 0.6 is 0 Å². The normalized spacial score (nSPS) is 15.3. The zero-order valence-electron chi connectivity index (χ0n) is 20.5. The standard InChI is InChI=1S/C26H28FN7O2/c1-4-5-19-14-23(32-31-19)28-22-15-24(34-10-8-33(9-11-34)17(3)35)30-26(29-22)36-21-7-6-18-12-16(2)13-20(18)25(21)27/h4-7,13-15H,8-12H2,1-3H3,(H2,28,29,30,31,32)/b5-4+. The fraction of sp³-hybridized carbons (Fsp3) is 0.308. The van der Waals surface area contributed by atoms with Crippen molar-refractivity contribution in [3.63, 3.8) is 0 Å². The smallest absolute Gasteiger partial charge is 0.326 e. The number of aromatic amines is 1. The first-order chi connectivity index (χ1) is 17.4. The molecule has 9 nitrogen and oxygen atoms in total. The second-order valence-electron chi connectivity index (χ2n) is 8.94. The number of benzene rings is 1. The van der Waals surface area contributed by atoms with Crippen molar-refractivity contribution in [3.05, 3.63) is 58.6 Å². The number of ether oxygens (including phenoxy) is 1. The molecule has 186 valence electrons. The molecule has 0 bridgehead atoms. The maximum atomic E-state index is 15.2. The van der Waals surface area contributed by atoms with Gasteiger partial charge >= 0.3 is 6.01 Å². The Hall–Kier alpha value is -4.21. The van der Waals surface area contributed by atoms with Gasteiger partial charge < -0.3 is 19.9 Å². The number of amides is 1. The highest BCUT2D eigenvalue weighted by atomic mass is 19.1. The Kier molecular flexibility index (Phi) is 6.41. The van der Waals surface area contributed by atoms with Gasteiger partial charge in [0.1, 0.15) is 11.6 Å². The topological polar surface area (TPSA) is 99.3 Å². The summed E-state index contributed by atoms with van der Waals surface area (Å²) < 4.78 is 21.1. The number of allylic oxidation sites excluding steroid dienone is 2. The summed E-state index contributed by atoms with van der Waals surface area (Å²) in [6, 6.07) is 7.16. The second-order valence-corrected chi connectivity index (χ2v) is 8.94. The molecule has 10 heteroatoms. The largest absolute Gasteiger partial charge is 0.421 e. The van der Waals surface area contributed by atoms with Gasteiger partial charge in [-0.2, -0.15) is 15.1 Å². The molecule has 1 saturated heterocycles. The molecule has 0 saturated carbocycles. The molecule has 1 aromatic carbocycles. The van der Waals surface area contributed by atoms with E-state index in [1.807, 2.05) is 44.2 Å². The number of hydrogen-bond acceptors (Lipinski definition) is 7. The molecule has 2 N–H and O–H groups in total. The molecule has 0 unspecified atom stereocenters. The predicted molar refractivity (Wildman–Crippen MR) is 137 cm³/mol. The van der Waals surface area contributed by atoms with Crippen LogP contribution in [0.5, 0.6) is 11.8 Å². The SMILES string of the molecule is C/C=C/c1cc(Nc2cc(N3CCN(C(C)=O)CC3)nc(Oc3ccc4c(c3F)C=C(C)C4)n2)n[nH]1. The van der Waals surface area contributed by atoms with E-state index in [0.717, 1.165) is 23.3 Å². The molecule has 1 amide bonds. The van der Waals surface area contributed by atoms with E-state index in [-0.39, 0.29) is 17.7 Å². The summed E-state index contributed by atoms with van der Waals surface area (Å²) in [6.07, 6.45) is 6.39. The molecule has 0 atom stereocenters. The number of H-pyrrole nitrogens is 1. The number of halogens is 1. The van der Waals surface area contributed by atoms with E-state index in [9.17, 15) is 4.79 Å². The van der Waals surface area contributed by atoms with Crippen molar-refractivity contribution < 1.29 is 13.9 Å². The van der Waals surface area contributed by atoms with E-state index in [1.165, 1.54) is 0 Å². The van der Waals surface area contributed by atoms with Crippen molar-refractivity contribution in [1.29, 1.82) is 0 Å². The number of rotatable bonds is 6. The highest BCUT2D eigenvalue weighted by Gasteiger charge is 2.23.